The lowest BCUT2D eigenvalue weighted by atomic mass is 10.2. The highest BCUT2D eigenvalue weighted by atomic mass is 32.2. The maximum Gasteiger partial charge on any atom is 0.316 e. The van der Waals surface area contributed by atoms with Crippen LogP contribution in [0.4, 0.5) is 5.69 Å². The number of benzene rings is 1. The Labute approximate surface area is 124 Å². The molecule has 20 heavy (non-hydrogen) atoms. The van der Waals surface area contributed by atoms with Gasteiger partial charge in [-0.25, -0.2) is 0 Å². The molecular weight excluding hydrogens is 274 g/mol. The monoisotopic (exact) mass is 295 g/mol. The highest BCUT2D eigenvalue weighted by Gasteiger charge is 2.18. The van der Waals surface area contributed by atoms with Crippen LogP contribution in [-0.2, 0) is 9.59 Å². The van der Waals surface area contributed by atoms with Crippen molar-refractivity contribution in [3.63, 3.8) is 0 Å². The van der Waals surface area contributed by atoms with Crippen LogP contribution in [0.25, 0.3) is 0 Å². The number of hydrogen-bond donors (Lipinski definition) is 2. The number of anilines is 1. The Balaban J connectivity index is 2.77. The van der Waals surface area contributed by atoms with Crippen LogP contribution in [0.1, 0.15) is 39.5 Å². The van der Waals surface area contributed by atoms with E-state index in [1.54, 1.807) is 6.07 Å². The summed E-state index contributed by atoms with van der Waals surface area (Å²) in [5.41, 5.74) is 0.693. The van der Waals surface area contributed by atoms with Crippen LogP contribution < -0.4 is 5.32 Å². The molecule has 5 heteroatoms. The van der Waals surface area contributed by atoms with Crippen LogP contribution in [-0.4, -0.2) is 22.2 Å². The van der Waals surface area contributed by atoms with Gasteiger partial charge in [-0.05, 0) is 25.0 Å². The van der Waals surface area contributed by atoms with Crippen LogP contribution in [0.5, 0.6) is 0 Å². The number of hydrogen-bond acceptors (Lipinski definition) is 3. The fraction of sp³-hybridized carbons (Fsp3) is 0.467. The van der Waals surface area contributed by atoms with Gasteiger partial charge in [0.15, 0.2) is 0 Å². The number of carboxylic acids is 1. The van der Waals surface area contributed by atoms with Crippen molar-refractivity contribution >= 4 is 29.3 Å². The Morgan fingerprint density at radius 1 is 1.30 bits per heavy atom. The molecule has 0 saturated carbocycles. The molecule has 1 atom stereocenters. The van der Waals surface area contributed by atoms with Crippen molar-refractivity contribution in [3.8, 4) is 0 Å². The minimum atomic E-state index is -0.829. The number of carbonyl (C=O) groups is 2. The zero-order chi connectivity index (χ0) is 15.0. The zero-order valence-electron chi connectivity index (χ0n) is 11.9. The van der Waals surface area contributed by atoms with Crippen LogP contribution in [0.3, 0.4) is 0 Å². The Bertz CT molecular complexity index is 462. The molecule has 0 aliphatic rings. The van der Waals surface area contributed by atoms with E-state index in [-0.39, 0.29) is 5.91 Å². The van der Waals surface area contributed by atoms with E-state index in [4.69, 9.17) is 5.11 Å². The molecule has 0 heterocycles. The van der Waals surface area contributed by atoms with Crippen LogP contribution in [0.2, 0.25) is 0 Å². The maximum absolute atomic E-state index is 11.8. The molecule has 0 aliphatic carbocycles. The Kier molecular flexibility index (Phi) is 7.15. The predicted molar refractivity (Wildman–Crippen MR) is 82.2 cm³/mol. The SMILES string of the molecule is CCCCC(=O)Nc1ccccc1S[C@H](CC)C(=O)O. The molecule has 0 unspecified atom stereocenters. The lowest BCUT2D eigenvalue weighted by molar-refractivity contribution is -0.136. The summed E-state index contributed by atoms with van der Waals surface area (Å²) in [5.74, 6) is -0.854. The quantitative estimate of drug-likeness (QED) is 0.716. The Hall–Kier alpha value is -1.49. The molecule has 1 rings (SSSR count). The summed E-state index contributed by atoms with van der Waals surface area (Å²) in [6, 6.07) is 7.33. The summed E-state index contributed by atoms with van der Waals surface area (Å²) in [5, 5.41) is 11.5. The number of aliphatic carboxylic acids is 1. The summed E-state index contributed by atoms with van der Waals surface area (Å²) < 4.78 is 0. The maximum atomic E-state index is 11.8. The van der Waals surface area contributed by atoms with Crippen LogP contribution >= 0.6 is 11.8 Å². The Morgan fingerprint density at radius 2 is 2.00 bits per heavy atom. The average molecular weight is 295 g/mol. The van der Waals surface area contributed by atoms with Gasteiger partial charge in [-0.1, -0.05) is 32.4 Å². The first-order valence-electron chi connectivity index (χ1n) is 6.86. The van der Waals surface area contributed by atoms with E-state index in [2.05, 4.69) is 5.32 Å². The van der Waals surface area contributed by atoms with E-state index in [0.717, 1.165) is 17.7 Å². The number of unbranched alkanes of at least 4 members (excludes halogenated alkanes) is 1. The number of thioether (sulfide) groups is 1. The molecule has 0 aromatic heterocycles. The van der Waals surface area contributed by atoms with E-state index >= 15 is 0 Å². The van der Waals surface area contributed by atoms with Crippen molar-refractivity contribution in [2.24, 2.45) is 0 Å². The smallest absolute Gasteiger partial charge is 0.316 e. The molecule has 2 N–H and O–H groups in total. The largest absolute Gasteiger partial charge is 0.480 e. The number of para-hydroxylation sites is 1. The third-order valence-electron chi connectivity index (χ3n) is 2.83. The molecule has 110 valence electrons. The van der Waals surface area contributed by atoms with E-state index < -0.39 is 11.2 Å². The molecule has 0 spiro atoms. The van der Waals surface area contributed by atoms with Gasteiger partial charge < -0.3 is 10.4 Å². The summed E-state index contributed by atoms with van der Waals surface area (Å²) in [4.78, 5) is 23.7. The minimum absolute atomic E-state index is 0.0247. The van der Waals surface area contributed by atoms with E-state index in [9.17, 15) is 9.59 Å². The van der Waals surface area contributed by atoms with Crippen molar-refractivity contribution in [2.45, 2.75) is 49.7 Å². The first-order valence-corrected chi connectivity index (χ1v) is 7.74. The molecule has 0 bridgehead atoms. The van der Waals surface area contributed by atoms with Crippen molar-refractivity contribution in [1.29, 1.82) is 0 Å². The van der Waals surface area contributed by atoms with Gasteiger partial charge in [0.25, 0.3) is 0 Å². The fourth-order valence-electron chi connectivity index (χ4n) is 1.68. The minimum Gasteiger partial charge on any atom is -0.480 e. The van der Waals surface area contributed by atoms with Gasteiger partial charge in [0.05, 0.1) is 5.69 Å². The van der Waals surface area contributed by atoms with Gasteiger partial charge in [0.2, 0.25) is 5.91 Å². The molecule has 0 aliphatic heterocycles. The average Bonchev–Trinajstić information content (AvgIpc) is 2.43. The molecular formula is C15H21NO3S. The van der Waals surface area contributed by atoms with E-state index in [0.29, 0.717) is 18.5 Å². The van der Waals surface area contributed by atoms with Crippen molar-refractivity contribution < 1.29 is 14.7 Å². The molecule has 1 aromatic carbocycles. The number of nitrogens with one attached hydrogen (secondary N) is 1. The highest BCUT2D eigenvalue weighted by molar-refractivity contribution is 8.00. The second-order valence-electron chi connectivity index (χ2n) is 4.50. The van der Waals surface area contributed by atoms with Crippen LogP contribution in [0, 0.1) is 0 Å². The number of carbonyl (C=O) groups excluding carboxylic acids is 1. The lowest BCUT2D eigenvalue weighted by Gasteiger charge is -2.14. The van der Waals surface area contributed by atoms with E-state index in [1.807, 2.05) is 32.0 Å². The van der Waals surface area contributed by atoms with Gasteiger partial charge in [0.1, 0.15) is 5.25 Å². The van der Waals surface area contributed by atoms with Crippen molar-refractivity contribution in [1.82, 2.24) is 0 Å². The van der Waals surface area contributed by atoms with Gasteiger partial charge in [-0.3, -0.25) is 9.59 Å². The third kappa shape index (κ3) is 5.25. The molecule has 0 fully saturated rings. The molecule has 4 nitrogen and oxygen atoms in total. The molecule has 1 aromatic rings. The first kappa shape index (κ1) is 16.6. The highest BCUT2D eigenvalue weighted by Crippen LogP contribution is 2.32. The normalized spacial score (nSPS) is 11.9. The molecule has 1 amide bonds. The fourth-order valence-corrected chi connectivity index (χ4v) is 2.66. The molecule has 0 saturated heterocycles. The van der Waals surface area contributed by atoms with Gasteiger partial charge in [0, 0.05) is 11.3 Å². The summed E-state index contributed by atoms with van der Waals surface area (Å²) in [6.07, 6.45) is 2.86. The molecule has 0 radical (unpaired) electrons. The first-order chi connectivity index (χ1) is 9.58. The summed E-state index contributed by atoms with van der Waals surface area (Å²) in [7, 11) is 0. The number of carboxylic acid groups (broad SMARTS) is 1. The van der Waals surface area contributed by atoms with Crippen molar-refractivity contribution in [2.75, 3.05) is 5.32 Å². The second kappa shape index (κ2) is 8.64. The number of amides is 1. The zero-order valence-corrected chi connectivity index (χ0v) is 12.7. The third-order valence-corrected chi connectivity index (χ3v) is 4.26. The van der Waals surface area contributed by atoms with Crippen molar-refractivity contribution in [3.05, 3.63) is 24.3 Å². The predicted octanol–water partition coefficient (Wildman–Crippen LogP) is 3.77. The van der Waals surface area contributed by atoms with Crippen LogP contribution in [0.15, 0.2) is 29.2 Å². The summed E-state index contributed by atoms with van der Waals surface area (Å²) in [6.45, 7) is 3.88. The topological polar surface area (TPSA) is 66.4 Å². The summed E-state index contributed by atoms with van der Waals surface area (Å²) >= 11 is 1.27. The second-order valence-corrected chi connectivity index (χ2v) is 5.75. The lowest BCUT2D eigenvalue weighted by Crippen LogP contribution is -2.16. The van der Waals surface area contributed by atoms with Gasteiger partial charge in [-0.2, -0.15) is 0 Å². The number of rotatable bonds is 8. The van der Waals surface area contributed by atoms with Gasteiger partial charge in [-0.15, -0.1) is 11.8 Å². The standard InChI is InChI=1S/C15H21NO3S/c1-3-5-10-14(17)16-11-8-6-7-9-13(11)20-12(4-2)15(18)19/h6-9,12H,3-5,10H2,1-2H3,(H,16,17)(H,18,19)/t12-/m1/s1. The van der Waals surface area contributed by atoms with Gasteiger partial charge >= 0.3 is 5.97 Å². The Morgan fingerprint density at radius 3 is 2.60 bits per heavy atom. The van der Waals surface area contributed by atoms with E-state index in [1.165, 1.54) is 11.8 Å².